The Morgan fingerprint density at radius 3 is 2.67 bits per heavy atom. The smallest absolute Gasteiger partial charge is 0.119 e. The summed E-state index contributed by atoms with van der Waals surface area (Å²) in [5.74, 6) is 0.886. The highest BCUT2D eigenvalue weighted by atomic mass is 79.9. The molecule has 0 saturated heterocycles. The average molecular weight is 349 g/mol. The van der Waals surface area contributed by atoms with Crippen molar-refractivity contribution in [2.75, 3.05) is 13.7 Å². The average Bonchev–Trinajstić information content (AvgIpc) is 2.54. The third kappa shape index (κ3) is 4.55. The van der Waals surface area contributed by atoms with Crippen LogP contribution in [0.1, 0.15) is 30.5 Å². The van der Waals surface area contributed by atoms with E-state index in [0.717, 1.165) is 29.6 Å². The van der Waals surface area contributed by atoms with Crippen molar-refractivity contribution in [3.05, 3.63) is 58.3 Å². The molecule has 1 atom stereocenters. The Kier molecular flexibility index (Phi) is 6.21. The van der Waals surface area contributed by atoms with E-state index >= 15 is 0 Å². The number of hydrogen-bond acceptors (Lipinski definition) is 3. The number of rotatable bonds is 7. The number of pyridine rings is 1. The fourth-order valence-corrected chi connectivity index (χ4v) is 2.69. The quantitative estimate of drug-likeness (QED) is 0.816. The Morgan fingerprint density at radius 2 is 2.00 bits per heavy atom. The van der Waals surface area contributed by atoms with Crippen molar-refractivity contribution in [1.29, 1.82) is 0 Å². The molecule has 0 radical (unpaired) electrons. The van der Waals surface area contributed by atoms with Gasteiger partial charge in [-0.1, -0.05) is 22.9 Å². The lowest BCUT2D eigenvalue weighted by atomic mass is 9.99. The van der Waals surface area contributed by atoms with Gasteiger partial charge in [0.1, 0.15) is 5.75 Å². The lowest BCUT2D eigenvalue weighted by molar-refractivity contribution is 0.413. The number of aromatic nitrogens is 1. The Bertz CT molecular complexity index is 560. The van der Waals surface area contributed by atoms with Gasteiger partial charge in [0.05, 0.1) is 7.11 Å². The van der Waals surface area contributed by atoms with E-state index in [-0.39, 0.29) is 6.04 Å². The topological polar surface area (TPSA) is 34.1 Å². The predicted octanol–water partition coefficient (Wildman–Crippen LogP) is 4.14. The first-order valence-corrected chi connectivity index (χ1v) is 7.99. The largest absolute Gasteiger partial charge is 0.497 e. The Labute approximate surface area is 134 Å². The third-order valence-corrected chi connectivity index (χ3v) is 4.20. The van der Waals surface area contributed by atoms with Gasteiger partial charge in [0.2, 0.25) is 0 Å². The van der Waals surface area contributed by atoms with Crippen LogP contribution >= 0.6 is 15.9 Å². The number of methoxy groups -OCH3 is 1. The first kappa shape index (κ1) is 16.0. The van der Waals surface area contributed by atoms with E-state index in [2.05, 4.69) is 51.4 Å². The minimum Gasteiger partial charge on any atom is -0.497 e. The highest BCUT2D eigenvalue weighted by Gasteiger charge is 2.13. The van der Waals surface area contributed by atoms with Crippen LogP contribution < -0.4 is 10.1 Å². The standard InChI is InChI=1S/C17H21BrN2O/c1-3-8-20-17(13-6-9-19-10-7-13)12-14-11-15(21-2)4-5-16(14)18/h4-7,9-11,17,20H,3,8,12H2,1-2H3. The zero-order chi connectivity index (χ0) is 15.1. The molecule has 1 aromatic heterocycles. The van der Waals surface area contributed by atoms with E-state index in [0.29, 0.717) is 0 Å². The molecule has 0 spiro atoms. The molecular formula is C17H21BrN2O. The molecule has 0 fully saturated rings. The molecule has 0 saturated carbocycles. The van der Waals surface area contributed by atoms with Gasteiger partial charge in [-0.05, 0) is 60.8 Å². The summed E-state index contributed by atoms with van der Waals surface area (Å²) >= 11 is 3.63. The zero-order valence-electron chi connectivity index (χ0n) is 12.5. The summed E-state index contributed by atoms with van der Waals surface area (Å²) in [5, 5.41) is 3.61. The summed E-state index contributed by atoms with van der Waals surface area (Å²) in [6.45, 7) is 3.17. The van der Waals surface area contributed by atoms with Crippen LogP contribution in [0.5, 0.6) is 5.75 Å². The molecule has 4 heteroatoms. The van der Waals surface area contributed by atoms with E-state index in [9.17, 15) is 0 Å². The maximum Gasteiger partial charge on any atom is 0.119 e. The monoisotopic (exact) mass is 348 g/mol. The molecule has 0 aliphatic rings. The second-order valence-corrected chi connectivity index (χ2v) is 5.80. The van der Waals surface area contributed by atoms with Gasteiger partial charge in [-0.25, -0.2) is 0 Å². The molecule has 0 aliphatic carbocycles. The van der Waals surface area contributed by atoms with Crippen molar-refractivity contribution >= 4 is 15.9 Å². The van der Waals surface area contributed by atoms with Crippen LogP contribution in [0.15, 0.2) is 47.2 Å². The summed E-state index contributed by atoms with van der Waals surface area (Å²) < 4.78 is 6.44. The van der Waals surface area contributed by atoms with Crippen LogP contribution in [0.2, 0.25) is 0 Å². The zero-order valence-corrected chi connectivity index (χ0v) is 14.1. The minimum absolute atomic E-state index is 0.274. The van der Waals surface area contributed by atoms with Crippen LogP contribution in [0.3, 0.4) is 0 Å². The highest BCUT2D eigenvalue weighted by Crippen LogP contribution is 2.27. The fraction of sp³-hybridized carbons (Fsp3) is 0.353. The molecular weight excluding hydrogens is 328 g/mol. The normalized spacial score (nSPS) is 12.1. The van der Waals surface area contributed by atoms with Crippen LogP contribution in [-0.4, -0.2) is 18.6 Å². The van der Waals surface area contributed by atoms with Crippen molar-refractivity contribution in [2.24, 2.45) is 0 Å². The molecule has 0 aliphatic heterocycles. The molecule has 1 heterocycles. The van der Waals surface area contributed by atoms with Gasteiger partial charge in [0.25, 0.3) is 0 Å². The molecule has 2 aromatic rings. The molecule has 21 heavy (non-hydrogen) atoms. The van der Waals surface area contributed by atoms with Gasteiger partial charge in [0.15, 0.2) is 0 Å². The Morgan fingerprint density at radius 1 is 1.24 bits per heavy atom. The maximum absolute atomic E-state index is 5.33. The molecule has 2 rings (SSSR count). The molecule has 1 N–H and O–H groups in total. The van der Waals surface area contributed by atoms with Crippen LogP contribution in [0.4, 0.5) is 0 Å². The number of nitrogens with one attached hydrogen (secondary N) is 1. The summed E-state index contributed by atoms with van der Waals surface area (Å²) in [4.78, 5) is 4.10. The van der Waals surface area contributed by atoms with E-state index in [1.165, 1.54) is 11.1 Å². The number of hydrogen-bond donors (Lipinski definition) is 1. The lowest BCUT2D eigenvalue weighted by Crippen LogP contribution is -2.24. The summed E-state index contributed by atoms with van der Waals surface area (Å²) in [6, 6.07) is 10.5. The number of nitrogens with zero attached hydrogens (tertiary/aromatic N) is 1. The molecule has 0 bridgehead atoms. The summed E-state index contributed by atoms with van der Waals surface area (Å²) in [7, 11) is 1.70. The van der Waals surface area contributed by atoms with E-state index < -0.39 is 0 Å². The first-order chi connectivity index (χ1) is 10.2. The van der Waals surface area contributed by atoms with E-state index in [4.69, 9.17) is 4.74 Å². The predicted molar refractivity (Wildman–Crippen MR) is 89.7 cm³/mol. The Hall–Kier alpha value is -1.39. The molecule has 112 valence electrons. The fourth-order valence-electron chi connectivity index (χ4n) is 2.28. The number of halogens is 1. The van der Waals surface area contributed by atoms with Crippen molar-refractivity contribution in [3.8, 4) is 5.75 Å². The third-order valence-electron chi connectivity index (χ3n) is 3.43. The summed E-state index contributed by atoms with van der Waals surface area (Å²) in [5.41, 5.74) is 2.49. The maximum atomic E-state index is 5.33. The van der Waals surface area contributed by atoms with Gasteiger partial charge in [-0.3, -0.25) is 4.98 Å². The van der Waals surface area contributed by atoms with Gasteiger partial charge in [-0.15, -0.1) is 0 Å². The Balaban J connectivity index is 2.22. The SMILES string of the molecule is CCCNC(Cc1cc(OC)ccc1Br)c1ccncc1. The van der Waals surface area contributed by atoms with Crippen molar-refractivity contribution in [2.45, 2.75) is 25.8 Å². The first-order valence-electron chi connectivity index (χ1n) is 7.20. The van der Waals surface area contributed by atoms with Crippen LogP contribution in [-0.2, 0) is 6.42 Å². The van der Waals surface area contributed by atoms with Crippen molar-refractivity contribution < 1.29 is 4.74 Å². The lowest BCUT2D eigenvalue weighted by Gasteiger charge is -2.20. The second kappa shape index (κ2) is 8.15. The summed E-state index contributed by atoms with van der Waals surface area (Å²) in [6.07, 6.45) is 5.70. The van der Waals surface area contributed by atoms with Crippen LogP contribution in [0.25, 0.3) is 0 Å². The molecule has 3 nitrogen and oxygen atoms in total. The molecule has 1 unspecified atom stereocenters. The molecule has 0 amide bonds. The van der Waals surface area contributed by atoms with Gasteiger partial charge >= 0.3 is 0 Å². The molecule has 1 aromatic carbocycles. The number of benzene rings is 1. The second-order valence-electron chi connectivity index (χ2n) is 4.95. The van der Waals surface area contributed by atoms with E-state index in [1.54, 1.807) is 7.11 Å². The highest BCUT2D eigenvalue weighted by molar-refractivity contribution is 9.10. The van der Waals surface area contributed by atoms with Gasteiger partial charge < -0.3 is 10.1 Å². The van der Waals surface area contributed by atoms with Crippen LogP contribution in [0, 0.1) is 0 Å². The minimum atomic E-state index is 0.274. The van der Waals surface area contributed by atoms with E-state index in [1.807, 2.05) is 24.5 Å². The van der Waals surface area contributed by atoms with Crippen molar-refractivity contribution in [1.82, 2.24) is 10.3 Å². The number of ether oxygens (including phenoxy) is 1. The van der Waals surface area contributed by atoms with Crippen molar-refractivity contribution in [3.63, 3.8) is 0 Å². The van der Waals surface area contributed by atoms with Gasteiger partial charge in [0, 0.05) is 22.9 Å². The van der Waals surface area contributed by atoms with Gasteiger partial charge in [-0.2, -0.15) is 0 Å².